The predicted molar refractivity (Wildman–Crippen MR) is 124 cm³/mol. The minimum atomic E-state index is -0.495. The van der Waals surface area contributed by atoms with E-state index >= 15 is 0 Å². The Balaban J connectivity index is 0.00000392. The Labute approximate surface area is 184 Å². The molecule has 0 aliphatic rings. The van der Waals surface area contributed by atoms with E-state index in [1.54, 1.807) is 6.07 Å². The topological polar surface area (TPSA) is 80.0 Å². The van der Waals surface area contributed by atoms with Gasteiger partial charge in [0.15, 0.2) is 12.6 Å². The van der Waals surface area contributed by atoms with E-state index in [9.17, 15) is 4.79 Å². The second-order valence-corrected chi connectivity index (χ2v) is 6.36. The molecular formula is C21H29IN4O2. The van der Waals surface area contributed by atoms with Crippen molar-refractivity contribution < 1.29 is 9.53 Å². The number of aliphatic imine (C=N–C) groups is 1. The van der Waals surface area contributed by atoms with Crippen LogP contribution in [0.15, 0.2) is 53.5 Å². The fourth-order valence-electron chi connectivity index (χ4n) is 2.64. The molecule has 7 heteroatoms. The lowest BCUT2D eigenvalue weighted by Crippen LogP contribution is -2.38. The van der Waals surface area contributed by atoms with Crippen LogP contribution in [0.1, 0.15) is 23.6 Å². The first-order chi connectivity index (χ1) is 13.0. The molecule has 6 nitrogen and oxygen atoms in total. The van der Waals surface area contributed by atoms with Crippen molar-refractivity contribution in [2.24, 2.45) is 10.7 Å². The van der Waals surface area contributed by atoms with E-state index in [2.05, 4.69) is 42.3 Å². The van der Waals surface area contributed by atoms with Gasteiger partial charge in [0, 0.05) is 20.1 Å². The van der Waals surface area contributed by atoms with E-state index in [-0.39, 0.29) is 30.6 Å². The largest absolute Gasteiger partial charge is 0.484 e. The first-order valence-corrected chi connectivity index (χ1v) is 9.03. The van der Waals surface area contributed by atoms with E-state index in [1.807, 2.05) is 31.3 Å². The number of rotatable bonds is 8. The number of carbonyl (C=O) groups is 1. The first-order valence-electron chi connectivity index (χ1n) is 9.03. The minimum absolute atomic E-state index is 0. The second kappa shape index (κ2) is 12.2. The van der Waals surface area contributed by atoms with Gasteiger partial charge in [-0.05, 0) is 42.7 Å². The highest BCUT2D eigenvalue weighted by molar-refractivity contribution is 14.0. The molecule has 2 rings (SSSR count). The SMILES string of the molecule is CCNC(=NCc1cccc(OCC(N)=O)c1)N(C)Cc1ccccc1C.I. The number of primary amides is 1. The number of nitrogens with zero attached hydrogens (tertiary/aromatic N) is 2. The maximum absolute atomic E-state index is 10.9. The van der Waals surface area contributed by atoms with Crippen LogP contribution in [0.3, 0.4) is 0 Å². The van der Waals surface area contributed by atoms with Crippen LogP contribution < -0.4 is 15.8 Å². The lowest BCUT2D eigenvalue weighted by Gasteiger charge is -2.23. The summed E-state index contributed by atoms with van der Waals surface area (Å²) in [6.45, 7) is 6.11. The van der Waals surface area contributed by atoms with E-state index in [1.165, 1.54) is 11.1 Å². The van der Waals surface area contributed by atoms with Gasteiger partial charge < -0.3 is 20.7 Å². The van der Waals surface area contributed by atoms with Crippen molar-refractivity contribution >= 4 is 35.8 Å². The normalized spacial score (nSPS) is 10.8. The highest BCUT2D eigenvalue weighted by atomic mass is 127. The number of hydrogen-bond donors (Lipinski definition) is 2. The fourth-order valence-corrected chi connectivity index (χ4v) is 2.64. The summed E-state index contributed by atoms with van der Waals surface area (Å²) in [6.07, 6.45) is 0. The molecule has 0 atom stereocenters. The van der Waals surface area contributed by atoms with Crippen LogP contribution in [-0.4, -0.2) is 37.0 Å². The summed E-state index contributed by atoms with van der Waals surface area (Å²) in [7, 11) is 2.03. The summed E-state index contributed by atoms with van der Waals surface area (Å²) in [5, 5.41) is 3.33. The zero-order valence-corrected chi connectivity index (χ0v) is 19.0. The smallest absolute Gasteiger partial charge is 0.255 e. The average molecular weight is 496 g/mol. The van der Waals surface area contributed by atoms with Crippen LogP contribution in [0, 0.1) is 6.92 Å². The Morgan fingerprint density at radius 3 is 2.64 bits per heavy atom. The molecule has 2 aromatic carbocycles. The molecule has 0 unspecified atom stereocenters. The lowest BCUT2D eigenvalue weighted by atomic mass is 10.1. The monoisotopic (exact) mass is 496 g/mol. The first kappa shape index (κ1) is 23.7. The highest BCUT2D eigenvalue weighted by Crippen LogP contribution is 2.14. The molecule has 0 spiro atoms. The number of halogens is 1. The van der Waals surface area contributed by atoms with Gasteiger partial charge in [0.25, 0.3) is 5.91 Å². The molecule has 2 aromatic rings. The van der Waals surface area contributed by atoms with E-state index in [0.29, 0.717) is 12.3 Å². The summed E-state index contributed by atoms with van der Waals surface area (Å²) >= 11 is 0. The summed E-state index contributed by atoms with van der Waals surface area (Å²) in [5.41, 5.74) is 8.65. The molecule has 28 heavy (non-hydrogen) atoms. The van der Waals surface area contributed by atoms with Crippen LogP contribution in [0.5, 0.6) is 5.75 Å². The Bertz CT molecular complexity index is 795. The number of amides is 1. The molecule has 0 saturated heterocycles. The van der Waals surface area contributed by atoms with Crippen LogP contribution in [0.2, 0.25) is 0 Å². The quantitative estimate of drug-likeness (QED) is 0.335. The fraction of sp³-hybridized carbons (Fsp3) is 0.333. The van der Waals surface area contributed by atoms with Crippen molar-refractivity contribution in [3.05, 3.63) is 65.2 Å². The molecule has 3 N–H and O–H groups in total. The standard InChI is InChI=1S/C21H28N4O2.HI/c1-4-23-21(25(3)14-18-10-6-5-8-16(18)2)24-13-17-9-7-11-19(12-17)27-15-20(22)26;/h5-12H,4,13-15H2,1-3H3,(H2,22,26)(H,23,24);1H. The zero-order chi connectivity index (χ0) is 19.6. The van der Waals surface area contributed by atoms with Crippen LogP contribution >= 0.6 is 24.0 Å². The van der Waals surface area contributed by atoms with Crippen LogP contribution in [0.4, 0.5) is 0 Å². The summed E-state index contributed by atoms with van der Waals surface area (Å²) in [5.74, 6) is 0.953. The molecular weight excluding hydrogens is 467 g/mol. The van der Waals surface area contributed by atoms with E-state index < -0.39 is 5.91 Å². The Kier molecular flexibility index (Phi) is 10.4. The molecule has 0 aliphatic heterocycles. The van der Waals surface area contributed by atoms with Gasteiger partial charge in [-0.1, -0.05) is 36.4 Å². The number of aryl methyl sites for hydroxylation is 1. The average Bonchev–Trinajstić information content (AvgIpc) is 2.65. The van der Waals surface area contributed by atoms with Gasteiger partial charge in [-0.25, -0.2) is 4.99 Å². The number of hydrogen-bond acceptors (Lipinski definition) is 3. The van der Waals surface area contributed by atoms with Crippen molar-refractivity contribution in [2.75, 3.05) is 20.2 Å². The molecule has 0 saturated carbocycles. The number of ether oxygens (including phenoxy) is 1. The summed E-state index contributed by atoms with van der Waals surface area (Å²) in [4.78, 5) is 17.7. The van der Waals surface area contributed by atoms with Crippen molar-refractivity contribution in [1.29, 1.82) is 0 Å². The second-order valence-electron chi connectivity index (χ2n) is 6.36. The van der Waals surface area contributed by atoms with Crippen LogP contribution in [-0.2, 0) is 17.9 Å². The van der Waals surface area contributed by atoms with Gasteiger partial charge in [0.1, 0.15) is 5.75 Å². The van der Waals surface area contributed by atoms with Crippen LogP contribution in [0.25, 0.3) is 0 Å². The highest BCUT2D eigenvalue weighted by Gasteiger charge is 2.08. The van der Waals surface area contributed by atoms with Gasteiger partial charge in [0.05, 0.1) is 6.54 Å². The number of nitrogens with one attached hydrogen (secondary N) is 1. The van der Waals surface area contributed by atoms with Crippen molar-refractivity contribution in [2.45, 2.75) is 26.9 Å². The van der Waals surface area contributed by atoms with Crippen molar-refractivity contribution in [1.82, 2.24) is 10.2 Å². The number of guanidine groups is 1. The van der Waals surface area contributed by atoms with E-state index in [0.717, 1.165) is 24.6 Å². The molecule has 0 aromatic heterocycles. The number of benzene rings is 2. The lowest BCUT2D eigenvalue weighted by molar-refractivity contribution is -0.119. The molecule has 0 fully saturated rings. The van der Waals surface area contributed by atoms with Gasteiger partial charge in [-0.3, -0.25) is 4.79 Å². The molecule has 0 aliphatic carbocycles. The third-order valence-corrected chi connectivity index (χ3v) is 4.06. The molecule has 0 radical (unpaired) electrons. The molecule has 1 amide bonds. The van der Waals surface area contributed by atoms with Gasteiger partial charge >= 0.3 is 0 Å². The maximum atomic E-state index is 10.9. The molecule has 0 bridgehead atoms. The maximum Gasteiger partial charge on any atom is 0.255 e. The van der Waals surface area contributed by atoms with Crippen molar-refractivity contribution in [3.63, 3.8) is 0 Å². The Hall–Kier alpha value is -2.29. The van der Waals surface area contributed by atoms with E-state index in [4.69, 9.17) is 15.5 Å². The number of nitrogens with two attached hydrogens (primary N) is 1. The zero-order valence-electron chi connectivity index (χ0n) is 16.6. The summed E-state index contributed by atoms with van der Waals surface area (Å²) < 4.78 is 5.35. The predicted octanol–water partition coefficient (Wildman–Crippen LogP) is 3.07. The third kappa shape index (κ3) is 7.75. The van der Waals surface area contributed by atoms with Gasteiger partial charge in [0.2, 0.25) is 0 Å². The van der Waals surface area contributed by atoms with Gasteiger partial charge in [-0.15, -0.1) is 24.0 Å². The molecule has 0 heterocycles. The third-order valence-electron chi connectivity index (χ3n) is 4.06. The Morgan fingerprint density at radius 2 is 1.96 bits per heavy atom. The van der Waals surface area contributed by atoms with Crippen molar-refractivity contribution in [3.8, 4) is 5.75 Å². The number of carbonyl (C=O) groups excluding carboxylic acids is 1. The Morgan fingerprint density at radius 1 is 1.21 bits per heavy atom. The minimum Gasteiger partial charge on any atom is -0.484 e. The summed E-state index contributed by atoms with van der Waals surface area (Å²) in [6, 6.07) is 15.9. The molecule has 152 valence electrons. The van der Waals surface area contributed by atoms with Gasteiger partial charge in [-0.2, -0.15) is 0 Å².